The minimum atomic E-state index is -0.0264. The molecule has 1 rings (SSSR count). The van der Waals surface area contributed by atoms with E-state index < -0.39 is 0 Å². The highest BCUT2D eigenvalue weighted by Crippen LogP contribution is 2.22. The van der Waals surface area contributed by atoms with Crippen molar-refractivity contribution in [3.63, 3.8) is 0 Å². The molecule has 0 N–H and O–H groups in total. The van der Waals surface area contributed by atoms with Crippen molar-refractivity contribution < 1.29 is 4.79 Å². The van der Waals surface area contributed by atoms with E-state index in [0.717, 1.165) is 37.8 Å². The number of carbonyl (C=O) groups excluding carboxylic acids is 1. The molecule has 0 bridgehead atoms. The molecule has 0 aliphatic rings. The van der Waals surface area contributed by atoms with Gasteiger partial charge in [0.2, 0.25) is 11.9 Å². The Morgan fingerprint density at radius 1 is 1.18 bits per heavy atom. The van der Waals surface area contributed by atoms with E-state index >= 15 is 0 Å². The van der Waals surface area contributed by atoms with Gasteiger partial charge in [-0.2, -0.15) is 0 Å². The molecule has 1 amide bonds. The maximum Gasteiger partial charge on any atom is 0.232 e. The van der Waals surface area contributed by atoms with Crippen LogP contribution in [0.5, 0.6) is 0 Å². The normalized spacial score (nSPS) is 11.5. The van der Waals surface area contributed by atoms with Crippen LogP contribution in [0.2, 0.25) is 0 Å². The zero-order valence-electron chi connectivity index (χ0n) is 14.9. The minimum absolute atomic E-state index is 0.0264. The Balaban J connectivity index is 2.93. The lowest BCUT2D eigenvalue weighted by Crippen LogP contribution is -2.35. The maximum absolute atomic E-state index is 12.6. The molecule has 0 radical (unpaired) electrons. The number of anilines is 1. The predicted octanol–water partition coefficient (Wildman–Crippen LogP) is 4.39. The first-order valence-corrected chi connectivity index (χ1v) is 8.49. The van der Waals surface area contributed by atoms with Crippen molar-refractivity contribution in [2.45, 2.75) is 73.1 Å². The van der Waals surface area contributed by atoms with Crippen molar-refractivity contribution in [3.05, 3.63) is 18.0 Å². The van der Waals surface area contributed by atoms with Crippen LogP contribution in [0.25, 0.3) is 0 Å². The Hall–Kier alpha value is -1.45. The summed E-state index contributed by atoms with van der Waals surface area (Å²) in [6.45, 7) is 11.3. The SMILES string of the molecule is CCCCc1ccnc(N(CCCC)C(=O)CC(C)(C)C)n1. The lowest BCUT2D eigenvalue weighted by molar-refractivity contribution is -0.120. The molecule has 0 atom stereocenters. The van der Waals surface area contributed by atoms with Gasteiger partial charge >= 0.3 is 0 Å². The molecule has 0 saturated heterocycles. The number of hydrogen-bond acceptors (Lipinski definition) is 3. The Morgan fingerprint density at radius 3 is 2.45 bits per heavy atom. The smallest absolute Gasteiger partial charge is 0.232 e. The fraction of sp³-hybridized carbons (Fsp3) is 0.722. The third-order valence-electron chi connectivity index (χ3n) is 3.45. The monoisotopic (exact) mass is 305 g/mol. The van der Waals surface area contributed by atoms with Crippen LogP contribution in [0.15, 0.2) is 12.3 Å². The van der Waals surface area contributed by atoms with Crippen molar-refractivity contribution in [2.75, 3.05) is 11.4 Å². The molecule has 124 valence electrons. The summed E-state index contributed by atoms with van der Waals surface area (Å²) in [4.78, 5) is 23.4. The lowest BCUT2D eigenvalue weighted by atomic mass is 9.91. The van der Waals surface area contributed by atoms with Gasteiger partial charge < -0.3 is 0 Å². The standard InChI is InChI=1S/C18H31N3O/c1-6-8-10-15-11-12-19-17(20-15)21(13-9-7-2)16(22)14-18(3,4)5/h11-12H,6-10,13-14H2,1-5H3. The van der Waals surface area contributed by atoms with Crippen molar-refractivity contribution >= 4 is 11.9 Å². The van der Waals surface area contributed by atoms with Gasteiger partial charge in [0, 0.05) is 24.9 Å². The lowest BCUT2D eigenvalue weighted by Gasteiger charge is -2.25. The molecule has 1 aromatic heterocycles. The molecule has 0 spiro atoms. The summed E-state index contributed by atoms with van der Waals surface area (Å²) < 4.78 is 0. The number of amides is 1. The summed E-state index contributed by atoms with van der Waals surface area (Å²) in [6.07, 6.45) is 7.51. The highest BCUT2D eigenvalue weighted by molar-refractivity contribution is 5.91. The van der Waals surface area contributed by atoms with Gasteiger partial charge in [0.25, 0.3) is 0 Å². The topological polar surface area (TPSA) is 46.1 Å². The first-order valence-electron chi connectivity index (χ1n) is 8.49. The molecule has 0 fully saturated rings. The zero-order valence-corrected chi connectivity index (χ0v) is 14.9. The number of rotatable bonds is 8. The van der Waals surface area contributed by atoms with Gasteiger partial charge in [0.1, 0.15) is 0 Å². The van der Waals surface area contributed by atoms with E-state index in [9.17, 15) is 4.79 Å². The van der Waals surface area contributed by atoms with Crippen LogP contribution >= 0.6 is 0 Å². The summed E-state index contributed by atoms with van der Waals surface area (Å²) in [7, 11) is 0. The van der Waals surface area contributed by atoms with Gasteiger partial charge in [0.05, 0.1) is 0 Å². The highest BCUT2D eigenvalue weighted by Gasteiger charge is 2.23. The predicted molar refractivity (Wildman–Crippen MR) is 92.0 cm³/mol. The van der Waals surface area contributed by atoms with Crippen LogP contribution in [0.1, 0.15) is 72.4 Å². The van der Waals surface area contributed by atoms with E-state index in [1.165, 1.54) is 0 Å². The number of unbranched alkanes of at least 4 members (excludes halogenated alkanes) is 2. The second kappa shape index (κ2) is 8.86. The van der Waals surface area contributed by atoms with Crippen molar-refractivity contribution in [2.24, 2.45) is 5.41 Å². The van der Waals surface area contributed by atoms with Crippen LogP contribution in [-0.4, -0.2) is 22.4 Å². The number of nitrogens with zero attached hydrogens (tertiary/aromatic N) is 3. The van der Waals surface area contributed by atoms with Crippen molar-refractivity contribution in [3.8, 4) is 0 Å². The summed E-state index contributed by atoms with van der Waals surface area (Å²) in [5, 5.41) is 0. The van der Waals surface area contributed by atoms with Crippen LogP contribution < -0.4 is 4.90 Å². The molecule has 0 saturated carbocycles. The summed E-state index contributed by atoms with van der Waals surface area (Å²) >= 11 is 0. The van der Waals surface area contributed by atoms with Crippen molar-refractivity contribution in [1.82, 2.24) is 9.97 Å². The van der Waals surface area contributed by atoms with Crippen LogP contribution in [0.3, 0.4) is 0 Å². The first-order chi connectivity index (χ1) is 10.4. The van der Waals surface area contributed by atoms with Crippen LogP contribution in [-0.2, 0) is 11.2 Å². The van der Waals surface area contributed by atoms with E-state index in [2.05, 4.69) is 44.6 Å². The first kappa shape index (κ1) is 18.6. The zero-order chi connectivity index (χ0) is 16.6. The average molecular weight is 305 g/mol. The summed E-state index contributed by atoms with van der Waals surface area (Å²) in [5.74, 6) is 0.685. The fourth-order valence-electron chi connectivity index (χ4n) is 2.21. The molecular formula is C18H31N3O. The highest BCUT2D eigenvalue weighted by atomic mass is 16.2. The van der Waals surface area contributed by atoms with Crippen molar-refractivity contribution in [1.29, 1.82) is 0 Å². The molecule has 4 nitrogen and oxygen atoms in total. The second-order valence-corrected chi connectivity index (χ2v) is 7.09. The van der Waals surface area contributed by atoms with Crippen LogP contribution in [0.4, 0.5) is 5.95 Å². The van der Waals surface area contributed by atoms with E-state index in [1.54, 1.807) is 11.1 Å². The molecule has 0 aromatic carbocycles. The third kappa shape index (κ3) is 6.54. The van der Waals surface area contributed by atoms with Gasteiger partial charge in [-0.15, -0.1) is 0 Å². The quantitative estimate of drug-likeness (QED) is 0.715. The fourth-order valence-corrected chi connectivity index (χ4v) is 2.21. The van der Waals surface area contributed by atoms with Gasteiger partial charge in [-0.3, -0.25) is 9.69 Å². The van der Waals surface area contributed by atoms with Gasteiger partial charge in [-0.05, 0) is 30.7 Å². The molecule has 1 aromatic rings. The van der Waals surface area contributed by atoms with E-state index in [4.69, 9.17) is 0 Å². The number of aromatic nitrogens is 2. The molecule has 0 aliphatic carbocycles. The number of carbonyl (C=O) groups is 1. The molecule has 1 heterocycles. The van der Waals surface area contributed by atoms with E-state index in [0.29, 0.717) is 18.9 Å². The molecule has 22 heavy (non-hydrogen) atoms. The Morgan fingerprint density at radius 2 is 1.86 bits per heavy atom. The van der Waals surface area contributed by atoms with Gasteiger partial charge in [-0.25, -0.2) is 9.97 Å². The van der Waals surface area contributed by atoms with E-state index in [1.807, 2.05) is 6.07 Å². The number of aryl methyl sites for hydroxylation is 1. The maximum atomic E-state index is 12.6. The molecule has 0 unspecified atom stereocenters. The van der Waals surface area contributed by atoms with Crippen LogP contribution in [0, 0.1) is 5.41 Å². The van der Waals surface area contributed by atoms with E-state index in [-0.39, 0.29) is 11.3 Å². The average Bonchev–Trinajstić information content (AvgIpc) is 2.44. The Kier molecular flexibility index (Phi) is 7.49. The molecular weight excluding hydrogens is 274 g/mol. The number of hydrogen-bond donors (Lipinski definition) is 0. The summed E-state index contributed by atoms with van der Waals surface area (Å²) in [6, 6.07) is 1.95. The Labute approximate surface area is 135 Å². The minimum Gasteiger partial charge on any atom is -0.281 e. The largest absolute Gasteiger partial charge is 0.281 e. The molecule has 4 heteroatoms. The second-order valence-electron chi connectivity index (χ2n) is 7.09. The van der Waals surface area contributed by atoms with Gasteiger partial charge in [-0.1, -0.05) is 47.5 Å². The van der Waals surface area contributed by atoms with Gasteiger partial charge in [0.15, 0.2) is 0 Å². The molecule has 0 aliphatic heterocycles. The summed E-state index contributed by atoms with van der Waals surface area (Å²) in [5.41, 5.74) is 0.998. The third-order valence-corrected chi connectivity index (χ3v) is 3.45. The Bertz CT molecular complexity index is 466.